The highest BCUT2D eigenvalue weighted by molar-refractivity contribution is 5.91. The van der Waals surface area contributed by atoms with Gasteiger partial charge in [-0.05, 0) is 54.4 Å². The van der Waals surface area contributed by atoms with Gasteiger partial charge in [0.05, 0.1) is 7.11 Å². The lowest BCUT2D eigenvalue weighted by Crippen LogP contribution is -2.46. The maximum absolute atomic E-state index is 11.9. The van der Waals surface area contributed by atoms with E-state index in [1.165, 1.54) is 11.4 Å². The van der Waals surface area contributed by atoms with Crippen LogP contribution in [0.5, 0.6) is 5.75 Å². The van der Waals surface area contributed by atoms with Crippen LogP contribution in [0.2, 0.25) is 0 Å². The molecule has 1 N–H and O–H groups in total. The van der Waals surface area contributed by atoms with E-state index >= 15 is 0 Å². The van der Waals surface area contributed by atoms with Gasteiger partial charge >= 0.3 is 0 Å². The van der Waals surface area contributed by atoms with Crippen LogP contribution >= 0.6 is 0 Å². The quantitative estimate of drug-likeness (QED) is 0.838. The molecule has 0 saturated carbocycles. The van der Waals surface area contributed by atoms with Gasteiger partial charge in [-0.25, -0.2) is 0 Å². The number of piperazine rings is 1. The predicted octanol–water partition coefficient (Wildman–Crippen LogP) is 4.01. The molecule has 0 aromatic heterocycles. The zero-order valence-electron chi connectivity index (χ0n) is 16.4. The van der Waals surface area contributed by atoms with Crippen molar-refractivity contribution in [3.05, 3.63) is 48.5 Å². The molecular weight excluding hydrogens is 338 g/mol. The maximum Gasteiger partial charge on any atom is 0.224 e. The van der Waals surface area contributed by atoms with Crippen LogP contribution in [0.4, 0.5) is 17.1 Å². The summed E-state index contributed by atoms with van der Waals surface area (Å²) in [5.41, 5.74) is 3.30. The molecule has 5 heteroatoms. The summed E-state index contributed by atoms with van der Waals surface area (Å²) >= 11 is 0. The fourth-order valence-corrected chi connectivity index (χ4v) is 3.35. The van der Waals surface area contributed by atoms with E-state index in [-0.39, 0.29) is 5.91 Å². The topological polar surface area (TPSA) is 44.8 Å². The van der Waals surface area contributed by atoms with E-state index in [0.29, 0.717) is 12.3 Å². The Balaban J connectivity index is 1.53. The fraction of sp³-hybridized carbons (Fsp3) is 0.409. The van der Waals surface area contributed by atoms with Crippen LogP contribution in [-0.4, -0.2) is 39.2 Å². The van der Waals surface area contributed by atoms with Gasteiger partial charge in [0.15, 0.2) is 0 Å². The van der Waals surface area contributed by atoms with Crippen LogP contribution in [0.15, 0.2) is 48.5 Å². The van der Waals surface area contributed by atoms with Crippen LogP contribution in [0.1, 0.15) is 20.3 Å². The van der Waals surface area contributed by atoms with Gasteiger partial charge in [-0.15, -0.1) is 0 Å². The Morgan fingerprint density at radius 3 is 1.85 bits per heavy atom. The van der Waals surface area contributed by atoms with Crippen molar-refractivity contribution in [3.8, 4) is 5.75 Å². The summed E-state index contributed by atoms with van der Waals surface area (Å²) in [6, 6.07) is 16.4. The number of carbonyl (C=O) groups is 1. The van der Waals surface area contributed by atoms with Crippen molar-refractivity contribution in [2.24, 2.45) is 5.92 Å². The molecule has 0 spiro atoms. The van der Waals surface area contributed by atoms with Crippen molar-refractivity contribution < 1.29 is 9.53 Å². The molecule has 0 aliphatic carbocycles. The molecule has 5 nitrogen and oxygen atoms in total. The number of carbonyl (C=O) groups excluding carboxylic acids is 1. The van der Waals surface area contributed by atoms with Crippen LogP contribution in [0.25, 0.3) is 0 Å². The second-order valence-electron chi connectivity index (χ2n) is 7.37. The van der Waals surface area contributed by atoms with Gasteiger partial charge in [0, 0.05) is 49.7 Å². The minimum atomic E-state index is 0.0749. The number of hydrogen-bond acceptors (Lipinski definition) is 4. The van der Waals surface area contributed by atoms with Gasteiger partial charge in [0.25, 0.3) is 0 Å². The number of benzene rings is 2. The van der Waals surface area contributed by atoms with Crippen molar-refractivity contribution in [1.82, 2.24) is 0 Å². The SMILES string of the molecule is COc1ccc(N2CCN(c3ccc(NC(=O)CC(C)C)cc3)CC2)cc1. The van der Waals surface area contributed by atoms with E-state index in [0.717, 1.165) is 37.6 Å². The number of ether oxygens (including phenoxy) is 1. The van der Waals surface area contributed by atoms with Crippen LogP contribution < -0.4 is 19.9 Å². The first-order valence-corrected chi connectivity index (χ1v) is 9.59. The van der Waals surface area contributed by atoms with E-state index in [2.05, 4.69) is 39.4 Å². The second kappa shape index (κ2) is 8.80. The molecule has 0 radical (unpaired) electrons. The Morgan fingerprint density at radius 2 is 1.41 bits per heavy atom. The molecule has 0 bridgehead atoms. The third-order valence-corrected chi connectivity index (χ3v) is 4.83. The Morgan fingerprint density at radius 1 is 0.926 bits per heavy atom. The van der Waals surface area contributed by atoms with Crippen LogP contribution in [0.3, 0.4) is 0 Å². The average molecular weight is 367 g/mol. The Kier molecular flexibility index (Phi) is 6.22. The Bertz CT molecular complexity index is 733. The molecule has 0 unspecified atom stereocenters. The first-order valence-electron chi connectivity index (χ1n) is 9.59. The zero-order chi connectivity index (χ0) is 19.2. The molecule has 1 heterocycles. The first kappa shape index (κ1) is 19.1. The number of rotatable bonds is 6. The highest BCUT2D eigenvalue weighted by atomic mass is 16.5. The third kappa shape index (κ3) is 5.16. The standard InChI is InChI=1S/C22H29N3O2/c1-17(2)16-22(26)23-18-4-6-19(7-5-18)24-12-14-25(15-13-24)20-8-10-21(27-3)11-9-20/h4-11,17H,12-16H2,1-3H3,(H,23,26). The molecule has 27 heavy (non-hydrogen) atoms. The average Bonchev–Trinajstić information content (AvgIpc) is 2.68. The zero-order valence-corrected chi connectivity index (χ0v) is 16.4. The second-order valence-corrected chi connectivity index (χ2v) is 7.37. The summed E-state index contributed by atoms with van der Waals surface area (Å²) in [5.74, 6) is 1.33. The van der Waals surface area contributed by atoms with Gasteiger partial charge in [-0.2, -0.15) is 0 Å². The molecule has 2 aromatic carbocycles. The molecule has 144 valence electrons. The largest absolute Gasteiger partial charge is 0.497 e. The number of amides is 1. The van der Waals surface area contributed by atoms with Gasteiger partial charge < -0.3 is 19.9 Å². The number of methoxy groups -OCH3 is 1. The number of anilines is 3. The lowest BCUT2D eigenvalue weighted by molar-refractivity contribution is -0.116. The smallest absolute Gasteiger partial charge is 0.224 e. The molecule has 2 aromatic rings. The van der Waals surface area contributed by atoms with E-state index in [1.807, 2.05) is 38.1 Å². The third-order valence-electron chi connectivity index (χ3n) is 4.83. The van der Waals surface area contributed by atoms with Gasteiger partial charge in [0.2, 0.25) is 5.91 Å². The lowest BCUT2D eigenvalue weighted by Gasteiger charge is -2.37. The lowest BCUT2D eigenvalue weighted by atomic mass is 10.1. The van der Waals surface area contributed by atoms with Crippen molar-refractivity contribution in [3.63, 3.8) is 0 Å². The summed E-state index contributed by atoms with van der Waals surface area (Å²) in [6.07, 6.45) is 0.551. The summed E-state index contributed by atoms with van der Waals surface area (Å²) in [4.78, 5) is 16.7. The summed E-state index contributed by atoms with van der Waals surface area (Å²) in [5, 5.41) is 2.97. The summed E-state index contributed by atoms with van der Waals surface area (Å²) < 4.78 is 5.23. The predicted molar refractivity (Wildman–Crippen MR) is 112 cm³/mol. The number of nitrogens with zero attached hydrogens (tertiary/aromatic N) is 2. The normalized spacial score (nSPS) is 14.4. The molecule has 1 saturated heterocycles. The van der Waals surface area contributed by atoms with Crippen LogP contribution in [-0.2, 0) is 4.79 Å². The molecule has 0 atom stereocenters. The summed E-state index contributed by atoms with van der Waals surface area (Å²) in [7, 11) is 1.69. The molecule has 1 aliphatic rings. The maximum atomic E-state index is 11.9. The van der Waals surface area contributed by atoms with Gasteiger partial charge in [-0.1, -0.05) is 13.8 Å². The van der Waals surface area contributed by atoms with E-state index in [1.54, 1.807) is 7.11 Å². The molecule has 1 fully saturated rings. The summed E-state index contributed by atoms with van der Waals surface area (Å²) in [6.45, 7) is 8.02. The van der Waals surface area contributed by atoms with Crippen molar-refractivity contribution in [2.75, 3.05) is 48.4 Å². The number of nitrogens with one attached hydrogen (secondary N) is 1. The van der Waals surface area contributed by atoms with Gasteiger partial charge in [-0.3, -0.25) is 4.79 Å². The van der Waals surface area contributed by atoms with E-state index in [9.17, 15) is 4.79 Å². The van der Waals surface area contributed by atoms with E-state index in [4.69, 9.17) is 4.74 Å². The molecule has 1 amide bonds. The van der Waals surface area contributed by atoms with Crippen molar-refractivity contribution in [2.45, 2.75) is 20.3 Å². The highest BCUT2D eigenvalue weighted by Crippen LogP contribution is 2.24. The number of hydrogen-bond donors (Lipinski definition) is 1. The van der Waals surface area contributed by atoms with Crippen LogP contribution in [0, 0.1) is 5.92 Å². The van der Waals surface area contributed by atoms with E-state index < -0.39 is 0 Å². The minimum Gasteiger partial charge on any atom is -0.497 e. The van der Waals surface area contributed by atoms with Crippen molar-refractivity contribution >= 4 is 23.0 Å². The molecule has 1 aliphatic heterocycles. The monoisotopic (exact) mass is 367 g/mol. The molecular formula is C22H29N3O2. The molecule has 3 rings (SSSR count). The Hall–Kier alpha value is -2.69. The fourth-order valence-electron chi connectivity index (χ4n) is 3.35. The van der Waals surface area contributed by atoms with Crippen molar-refractivity contribution in [1.29, 1.82) is 0 Å². The minimum absolute atomic E-state index is 0.0749. The highest BCUT2D eigenvalue weighted by Gasteiger charge is 2.17. The Labute approximate surface area is 161 Å². The van der Waals surface area contributed by atoms with Gasteiger partial charge in [0.1, 0.15) is 5.75 Å². The first-order chi connectivity index (χ1) is 13.0.